The third-order valence-corrected chi connectivity index (χ3v) is 5.52. The van der Waals surface area contributed by atoms with Crippen molar-refractivity contribution in [3.05, 3.63) is 89.2 Å². The third kappa shape index (κ3) is 4.78. The van der Waals surface area contributed by atoms with E-state index in [2.05, 4.69) is 5.32 Å². The van der Waals surface area contributed by atoms with Gasteiger partial charge in [-0.2, -0.15) is 0 Å². The predicted molar refractivity (Wildman–Crippen MR) is 111 cm³/mol. The van der Waals surface area contributed by atoms with Gasteiger partial charge in [0.15, 0.2) is 0 Å². The summed E-state index contributed by atoms with van der Waals surface area (Å²) in [6.07, 6.45) is -0.505. The molecule has 1 atom stereocenters. The Kier molecular flexibility index (Phi) is 5.83. The van der Waals surface area contributed by atoms with Gasteiger partial charge < -0.3 is 14.8 Å². The minimum atomic E-state index is -0.505. The van der Waals surface area contributed by atoms with Gasteiger partial charge in [-0.3, -0.25) is 4.79 Å². The Bertz CT molecular complexity index is 1010. The molecule has 1 heterocycles. The maximum Gasteiger partial charge on any atom is 0.227 e. The Morgan fingerprint density at radius 3 is 2.62 bits per heavy atom. The summed E-state index contributed by atoms with van der Waals surface area (Å²) >= 11 is 1.58. The van der Waals surface area contributed by atoms with Crippen molar-refractivity contribution in [3.8, 4) is 5.75 Å². The van der Waals surface area contributed by atoms with E-state index in [0.717, 1.165) is 21.7 Å². The summed E-state index contributed by atoms with van der Waals surface area (Å²) in [5.74, 6) is 0.838. The average Bonchev–Trinajstić information content (AvgIpc) is 2.73. The molecular weight excluding hydrogens is 389 g/mol. The van der Waals surface area contributed by atoms with Crippen LogP contribution in [0.25, 0.3) is 0 Å². The SMILES string of the molecule is CC(=O)Nc1ccc(SCc2cc(F)cc3c2O[C@H](c2ccccc2)OC3)cc1. The number of carbonyl (C=O) groups excluding carboxylic acids is 1. The molecule has 29 heavy (non-hydrogen) atoms. The number of ether oxygens (including phenoxy) is 2. The number of hydrogen-bond acceptors (Lipinski definition) is 4. The molecule has 4 nitrogen and oxygen atoms in total. The van der Waals surface area contributed by atoms with Crippen LogP contribution in [0.15, 0.2) is 71.6 Å². The van der Waals surface area contributed by atoms with E-state index in [9.17, 15) is 9.18 Å². The van der Waals surface area contributed by atoms with E-state index in [1.165, 1.54) is 19.1 Å². The molecule has 1 amide bonds. The van der Waals surface area contributed by atoms with Gasteiger partial charge >= 0.3 is 0 Å². The van der Waals surface area contributed by atoms with E-state index < -0.39 is 6.29 Å². The van der Waals surface area contributed by atoms with Gasteiger partial charge in [0, 0.05) is 39.9 Å². The maximum atomic E-state index is 14.1. The molecule has 1 aliphatic heterocycles. The first-order chi connectivity index (χ1) is 14.1. The predicted octanol–water partition coefficient (Wildman–Crippen LogP) is 5.68. The van der Waals surface area contributed by atoms with Crippen LogP contribution in [0.4, 0.5) is 10.1 Å². The van der Waals surface area contributed by atoms with Crippen LogP contribution in [-0.2, 0) is 21.9 Å². The summed E-state index contributed by atoms with van der Waals surface area (Å²) < 4.78 is 26.0. The molecule has 3 aromatic rings. The van der Waals surface area contributed by atoms with Crippen molar-refractivity contribution in [2.24, 2.45) is 0 Å². The molecule has 4 rings (SSSR count). The second-order valence-corrected chi connectivity index (χ2v) is 7.77. The van der Waals surface area contributed by atoms with Crippen LogP contribution in [-0.4, -0.2) is 5.91 Å². The van der Waals surface area contributed by atoms with Crippen LogP contribution >= 0.6 is 11.8 Å². The molecule has 0 spiro atoms. The van der Waals surface area contributed by atoms with Crippen molar-refractivity contribution in [3.63, 3.8) is 0 Å². The lowest BCUT2D eigenvalue weighted by Crippen LogP contribution is -2.19. The van der Waals surface area contributed by atoms with Crippen molar-refractivity contribution in [2.45, 2.75) is 30.5 Å². The molecule has 0 aliphatic carbocycles. The monoisotopic (exact) mass is 409 g/mol. The number of thioether (sulfide) groups is 1. The second-order valence-electron chi connectivity index (χ2n) is 6.72. The van der Waals surface area contributed by atoms with Crippen LogP contribution in [0, 0.1) is 5.82 Å². The zero-order valence-electron chi connectivity index (χ0n) is 15.9. The first-order valence-electron chi connectivity index (χ1n) is 9.23. The highest BCUT2D eigenvalue weighted by atomic mass is 32.2. The summed E-state index contributed by atoms with van der Waals surface area (Å²) in [6, 6.07) is 20.2. The van der Waals surface area contributed by atoms with Crippen molar-refractivity contribution in [1.29, 1.82) is 0 Å². The van der Waals surface area contributed by atoms with E-state index in [4.69, 9.17) is 9.47 Å². The minimum Gasteiger partial charge on any atom is -0.460 e. The molecule has 0 bridgehead atoms. The first kappa shape index (κ1) is 19.5. The number of nitrogens with one attached hydrogen (secondary N) is 1. The standard InChI is InChI=1S/C23H20FNO3S/c1-15(26)25-20-7-9-21(10-8-20)29-14-18-12-19(24)11-17-13-27-23(28-22(17)18)16-5-3-2-4-6-16/h2-12,23H,13-14H2,1H3,(H,25,26)/t23-/m1/s1. The fourth-order valence-corrected chi connectivity index (χ4v) is 4.02. The lowest BCUT2D eigenvalue weighted by Gasteiger charge is -2.28. The van der Waals surface area contributed by atoms with E-state index in [1.54, 1.807) is 11.8 Å². The molecule has 0 saturated carbocycles. The number of fused-ring (bicyclic) bond motifs is 1. The van der Waals surface area contributed by atoms with E-state index >= 15 is 0 Å². The van der Waals surface area contributed by atoms with E-state index in [1.807, 2.05) is 54.6 Å². The van der Waals surface area contributed by atoms with Crippen molar-refractivity contribution in [1.82, 2.24) is 0 Å². The Morgan fingerprint density at radius 1 is 1.14 bits per heavy atom. The van der Waals surface area contributed by atoms with Crippen molar-refractivity contribution in [2.75, 3.05) is 5.32 Å². The van der Waals surface area contributed by atoms with E-state index in [0.29, 0.717) is 23.7 Å². The molecule has 6 heteroatoms. The topological polar surface area (TPSA) is 47.6 Å². The third-order valence-electron chi connectivity index (χ3n) is 4.46. The van der Waals surface area contributed by atoms with Gasteiger partial charge in [-0.05, 0) is 36.4 Å². The maximum absolute atomic E-state index is 14.1. The van der Waals surface area contributed by atoms with Gasteiger partial charge in [-0.15, -0.1) is 11.8 Å². The van der Waals surface area contributed by atoms with Gasteiger partial charge in [-0.1, -0.05) is 30.3 Å². The number of benzene rings is 3. The molecule has 0 fully saturated rings. The lowest BCUT2D eigenvalue weighted by atomic mass is 10.1. The van der Waals surface area contributed by atoms with Crippen LogP contribution < -0.4 is 10.1 Å². The number of anilines is 1. The Morgan fingerprint density at radius 2 is 1.90 bits per heavy atom. The summed E-state index contributed by atoms with van der Waals surface area (Å²) in [6.45, 7) is 1.78. The number of halogens is 1. The highest BCUT2D eigenvalue weighted by Gasteiger charge is 2.25. The zero-order valence-corrected chi connectivity index (χ0v) is 16.7. The molecule has 1 N–H and O–H groups in total. The van der Waals surface area contributed by atoms with Crippen molar-refractivity contribution < 1.29 is 18.7 Å². The highest BCUT2D eigenvalue weighted by molar-refractivity contribution is 7.98. The fraction of sp³-hybridized carbons (Fsp3) is 0.174. The van der Waals surface area contributed by atoms with Gasteiger partial charge in [0.2, 0.25) is 12.2 Å². The van der Waals surface area contributed by atoms with Crippen LogP contribution in [0.3, 0.4) is 0 Å². The summed E-state index contributed by atoms with van der Waals surface area (Å²) in [7, 11) is 0. The smallest absolute Gasteiger partial charge is 0.227 e. The van der Waals surface area contributed by atoms with Gasteiger partial charge in [0.25, 0.3) is 0 Å². The molecule has 0 unspecified atom stereocenters. The quantitative estimate of drug-likeness (QED) is 0.551. The number of carbonyl (C=O) groups is 1. The normalized spacial score (nSPS) is 15.3. The fourth-order valence-electron chi connectivity index (χ4n) is 3.16. The lowest BCUT2D eigenvalue weighted by molar-refractivity contribution is -0.114. The average molecular weight is 409 g/mol. The Balaban J connectivity index is 1.51. The molecule has 148 valence electrons. The van der Waals surface area contributed by atoms with E-state index in [-0.39, 0.29) is 11.7 Å². The zero-order chi connectivity index (χ0) is 20.2. The number of rotatable bonds is 5. The van der Waals surface area contributed by atoms with Crippen LogP contribution in [0.1, 0.15) is 29.9 Å². The van der Waals surface area contributed by atoms with Gasteiger partial charge in [0.05, 0.1) is 6.61 Å². The summed E-state index contributed by atoms with van der Waals surface area (Å²) in [5.41, 5.74) is 3.18. The molecule has 0 radical (unpaired) electrons. The number of amides is 1. The molecule has 1 aliphatic rings. The largest absolute Gasteiger partial charge is 0.460 e. The minimum absolute atomic E-state index is 0.107. The van der Waals surface area contributed by atoms with Crippen LogP contribution in [0.5, 0.6) is 5.75 Å². The summed E-state index contributed by atoms with van der Waals surface area (Å²) in [5, 5.41) is 2.74. The second kappa shape index (κ2) is 8.68. The molecule has 3 aromatic carbocycles. The molecule has 0 aromatic heterocycles. The summed E-state index contributed by atoms with van der Waals surface area (Å²) in [4.78, 5) is 12.1. The Hall–Kier alpha value is -2.83. The van der Waals surface area contributed by atoms with Crippen molar-refractivity contribution >= 4 is 23.4 Å². The molecular formula is C23H20FNO3S. The number of hydrogen-bond donors (Lipinski definition) is 1. The van der Waals surface area contributed by atoms with Gasteiger partial charge in [0.1, 0.15) is 11.6 Å². The molecule has 0 saturated heterocycles. The van der Waals surface area contributed by atoms with Crippen LogP contribution in [0.2, 0.25) is 0 Å². The van der Waals surface area contributed by atoms with Gasteiger partial charge in [-0.25, -0.2) is 4.39 Å². The Labute approximate surface area is 173 Å². The first-order valence-corrected chi connectivity index (χ1v) is 10.2. The highest BCUT2D eigenvalue weighted by Crippen LogP contribution is 2.39.